The van der Waals surface area contributed by atoms with Crippen LogP contribution in [-0.4, -0.2) is 42.4 Å². The minimum absolute atomic E-state index is 0.101. The summed E-state index contributed by atoms with van der Waals surface area (Å²) in [5.74, 6) is -0.140. The third-order valence-electron chi connectivity index (χ3n) is 4.71. The predicted molar refractivity (Wildman–Crippen MR) is 115 cm³/mol. The van der Waals surface area contributed by atoms with Gasteiger partial charge in [-0.25, -0.2) is 0 Å². The number of likely N-dealkylation sites (tertiary alicyclic amines) is 1. The van der Waals surface area contributed by atoms with Crippen LogP contribution in [-0.2, 0) is 9.59 Å². The normalized spacial score (nSPS) is 15.9. The van der Waals surface area contributed by atoms with E-state index in [9.17, 15) is 9.59 Å². The van der Waals surface area contributed by atoms with Crippen molar-refractivity contribution in [2.75, 3.05) is 25.1 Å². The quantitative estimate of drug-likeness (QED) is 0.522. The zero-order chi connectivity index (χ0) is 20.5. The number of hydrazine groups is 1. The molecule has 0 spiro atoms. The molecule has 1 unspecified atom stereocenters. The first-order chi connectivity index (χ1) is 13.3. The van der Waals surface area contributed by atoms with Crippen LogP contribution in [0.5, 0.6) is 0 Å². The van der Waals surface area contributed by atoms with Gasteiger partial charge in [-0.15, -0.1) is 0 Å². The Morgan fingerprint density at radius 2 is 1.86 bits per heavy atom. The second-order valence-corrected chi connectivity index (χ2v) is 8.48. The highest BCUT2D eigenvalue weighted by Crippen LogP contribution is 2.24. The number of nitrogens with zero attached hydrogens (tertiary/aromatic N) is 1. The fraction of sp³-hybridized carbons (Fsp3) is 0.600. The maximum atomic E-state index is 12.6. The molecule has 1 saturated heterocycles. The molecule has 0 bridgehead atoms. The highest BCUT2D eigenvalue weighted by molar-refractivity contribution is 6.36. The molecule has 156 valence electrons. The van der Waals surface area contributed by atoms with E-state index in [-0.39, 0.29) is 17.7 Å². The molecule has 1 aliphatic heterocycles. The average Bonchev–Trinajstić information content (AvgIpc) is 2.65. The number of carbonyl (C=O) groups is 2. The molecule has 1 atom stereocenters. The van der Waals surface area contributed by atoms with Crippen molar-refractivity contribution in [2.45, 2.75) is 52.0 Å². The smallest absolute Gasteiger partial charge is 0.260 e. The molecule has 3 N–H and O–H groups in total. The number of anilines is 1. The third-order valence-corrected chi connectivity index (χ3v) is 5.26. The number of rotatable bonds is 9. The lowest BCUT2D eigenvalue weighted by Gasteiger charge is -2.26. The lowest BCUT2D eigenvalue weighted by molar-refractivity contribution is -0.129. The number of nitrogens with one attached hydrogen (secondary N) is 3. The zero-order valence-electron chi connectivity index (χ0n) is 16.6. The van der Waals surface area contributed by atoms with Crippen LogP contribution in [0.4, 0.5) is 5.69 Å². The minimum atomic E-state index is -0.604. The molecular formula is C20H30Cl2N4O2. The lowest BCUT2D eigenvalue weighted by Crippen LogP contribution is -2.49. The average molecular weight is 429 g/mol. The molecule has 2 rings (SSSR count). The molecular weight excluding hydrogens is 399 g/mol. The van der Waals surface area contributed by atoms with E-state index in [0.717, 1.165) is 19.6 Å². The predicted octanol–water partition coefficient (Wildman–Crippen LogP) is 3.84. The van der Waals surface area contributed by atoms with E-state index in [1.54, 1.807) is 18.2 Å². The van der Waals surface area contributed by atoms with Gasteiger partial charge in [0.15, 0.2) is 0 Å². The van der Waals surface area contributed by atoms with Crippen molar-refractivity contribution in [2.24, 2.45) is 5.92 Å². The maximum absolute atomic E-state index is 12.6. The van der Waals surface area contributed by atoms with Crippen LogP contribution in [0.15, 0.2) is 18.2 Å². The molecule has 1 heterocycles. The number of carbonyl (C=O) groups excluding carboxylic acids is 2. The van der Waals surface area contributed by atoms with Crippen LogP contribution in [0.1, 0.15) is 46.0 Å². The number of piperidine rings is 1. The van der Waals surface area contributed by atoms with Crippen LogP contribution in [0.25, 0.3) is 0 Å². The van der Waals surface area contributed by atoms with Gasteiger partial charge in [-0.05, 0) is 56.5 Å². The van der Waals surface area contributed by atoms with Crippen molar-refractivity contribution in [1.82, 2.24) is 15.6 Å². The van der Waals surface area contributed by atoms with E-state index < -0.39 is 6.04 Å². The number of hydrogen-bond acceptors (Lipinski definition) is 4. The van der Waals surface area contributed by atoms with Crippen LogP contribution >= 0.6 is 23.2 Å². The molecule has 2 amide bonds. The largest absolute Gasteiger partial charge is 0.344 e. The van der Waals surface area contributed by atoms with Gasteiger partial charge in [0.05, 0.1) is 10.7 Å². The first-order valence-corrected chi connectivity index (χ1v) is 10.6. The van der Waals surface area contributed by atoms with Crippen molar-refractivity contribution < 1.29 is 9.59 Å². The second-order valence-electron chi connectivity index (χ2n) is 7.64. The van der Waals surface area contributed by atoms with Crippen LogP contribution < -0.4 is 16.2 Å². The molecule has 0 aliphatic carbocycles. The van der Waals surface area contributed by atoms with Crippen LogP contribution in [0.2, 0.25) is 10.0 Å². The van der Waals surface area contributed by atoms with Crippen LogP contribution in [0, 0.1) is 5.92 Å². The number of halogens is 2. The number of benzene rings is 1. The Morgan fingerprint density at radius 1 is 1.14 bits per heavy atom. The Labute approximate surface area is 177 Å². The summed E-state index contributed by atoms with van der Waals surface area (Å²) in [5, 5.41) is 3.79. The summed E-state index contributed by atoms with van der Waals surface area (Å²) < 4.78 is 0. The Balaban J connectivity index is 1.86. The summed E-state index contributed by atoms with van der Waals surface area (Å²) in [6, 6.07) is 4.34. The van der Waals surface area contributed by atoms with E-state index in [4.69, 9.17) is 23.2 Å². The van der Waals surface area contributed by atoms with E-state index >= 15 is 0 Å². The summed E-state index contributed by atoms with van der Waals surface area (Å²) in [6.45, 7) is 6.87. The fourth-order valence-electron chi connectivity index (χ4n) is 3.22. The van der Waals surface area contributed by atoms with Gasteiger partial charge in [0, 0.05) is 18.0 Å². The van der Waals surface area contributed by atoms with Gasteiger partial charge >= 0.3 is 0 Å². The molecule has 0 radical (unpaired) electrons. The van der Waals surface area contributed by atoms with Crippen molar-refractivity contribution in [1.29, 1.82) is 0 Å². The first kappa shape index (κ1) is 22.8. The van der Waals surface area contributed by atoms with Gasteiger partial charge in [0.25, 0.3) is 5.91 Å². The molecule has 1 fully saturated rings. The highest BCUT2D eigenvalue weighted by Gasteiger charge is 2.22. The monoisotopic (exact) mass is 428 g/mol. The van der Waals surface area contributed by atoms with E-state index in [2.05, 4.69) is 21.1 Å². The van der Waals surface area contributed by atoms with Crippen molar-refractivity contribution in [3.63, 3.8) is 0 Å². The topological polar surface area (TPSA) is 73.5 Å². The van der Waals surface area contributed by atoms with Gasteiger partial charge in [0.1, 0.15) is 6.04 Å². The number of hydrogen-bond donors (Lipinski definition) is 3. The first-order valence-electron chi connectivity index (χ1n) is 9.88. The Morgan fingerprint density at radius 3 is 2.50 bits per heavy atom. The van der Waals surface area contributed by atoms with Gasteiger partial charge in [0.2, 0.25) is 5.91 Å². The fourth-order valence-corrected chi connectivity index (χ4v) is 3.67. The van der Waals surface area contributed by atoms with Crippen LogP contribution in [0.3, 0.4) is 0 Å². The van der Waals surface area contributed by atoms with Gasteiger partial charge in [-0.3, -0.25) is 20.4 Å². The molecule has 6 nitrogen and oxygen atoms in total. The minimum Gasteiger partial charge on any atom is -0.344 e. The van der Waals surface area contributed by atoms with Gasteiger partial charge < -0.3 is 10.2 Å². The van der Waals surface area contributed by atoms with E-state index in [0.29, 0.717) is 28.6 Å². The maximum Gasteiger partial charge on any atom is 0.260 e. The van der Waals surface area contributed by atoms with Crippen molar-refractivity contribution in [3.05, 3.63) is 28.2 Å². The number of amides is 2. The van der Waals surface area contributed by atoms with E-state index in [1.165, 1.54) is 19.3 Å². The summed E-state index contributed by atoms with van der Waals surface area (Å²) in [7, 11) is 0. The standard InChI is InChI=1S/C20H30Cl2N4O2/c1-14(2)12-18(23-19(27)8-11-26-9-4-3-5-10-26)20(28)25-24-17-7-6-15(21)13-16(17)22/h6-7,13-14,18,24H,3-5,8-12H2,1-2H3,(H,23,27)(H,25,28). The highest BCUT2D eigenvalue weighted by atomic mass is 35.5. The molecule has 0 saturated carbocycles. The van der Waals surface area contributed by atoms with Crippen molar-refractivity contribution >= 4 is 40.7 Å². The molecule has 8 heteroatoms. The SMILES string of the molecule is CC(C)CC(NC(=O)CCN1CCCCC1)C(=O)NNc1ccc(Cl)cc1Cl. The Kier molecular flexibility index (Phi) is 9.35. The zero-order valence-corrected chi connectivity index (χ0v) is 18.1. The third kappa shape index (κ3) is 7.86. The van der Waals surface area contributed by atoms with Gasteiger partial charge in [-0.2, -0.15) is 0 Å². The lowest BCUT2D eigenvalue weighted by atomic mass is 10.0. The second kappa shape index (κ2) is 11.5. The Hall–Kier alpha value is -1.50. The summed E-state index contributed by atoms with van der Waals surface area (Å²) >= 11 is 12.0. The molecule has 28 heavy (non-hydrogen) atoms. The van der Waals surface area contributed by atoms with Gasteiger partial charge in [-0.1, -0.05) is 43.5 Å². The summed E-state index contributed by atoms with van der Waals surface area (Å²) in [6.07, 6.45) is 4.61. The molecule has 1 aromatic carbocycles. The molecule has 0 aromatic heterocycles. The Bertz CT molecular complexity index is 664. The van der Waals surface area contributed by atoms with Crippen molar-refractivity contribution in [3.8, 4) is 0 Å². The molecule has 1 aliphatic rings. The summed E-state index contributed by atoms with van der Waals surface area (Å²) in [4.78, 5) is 27.3. The summed E-state index contributed by atoms with van der Waals surface area (Å²) in [5.41, 5.74) is 5.98. The van der Waals surface area contributed by atoms with E-state index in [1.807, 2.05) is 13.8 Å². The molecule has 1 aromatic rings.